The van der Waals surface area contributed by atoms with E-state index < -0.39 is 0 Å². The molecular weight excluding hydrogens is 316 g/mol. The highest BCUT2D eigenvalue weighted by Gasteiger charge is 2.11. The van der Waals surface area contributed by atoms with Crippen LogP contribution in [0.2, 0.25) is 0 Å². The van der Waals surface area contributed by atoms with Gasteiger partial charge >= 0.3 is 0 Å². The molecule has 1 N–H and O–H groups in total. The van der Waals surface area contributed by atoms with Crippen molar-refractivity contribution in [1.29, 1.82) is 0 Å². The molecule has 0 unspecified atom stereocenters. The molecule has 2 aromatic carbocycles. The van der Waals surface area contributed by atoms with Crippen molar-refractivity contribution in [2.24, 2.45) is 0 Å². The van der Waals surface area contributed by atoms with Crippen molar-refractivity contribution in [2.45, 2.75) is 6.92 Å². The Labute approximate surface area is 123 Å². The SMILES string of the molecule is Cc1ccc2oc(-c3nc4ccc(Br)cc4[nH]3)cc2c1. The van der Waals surface area contributed by atoms with Crippen LogP contribution in [0.5, 0.6) is 0 Å². The number of aromatic amines is 1. The summed E-state index contributed by atoms with van der Waals surface area (Å²) in [6, 6.07) is 14.1. The Morgan fingerprint density at radius 2 is 2.00 bits per heavy atom. The molecule has 2 aromatic heterocycles. The highest BCUT2D eigenvalue weighted by atomic mass is 79.9. The normalized spacial score (nSPS) is 11.5. The van der Waals surface area contributed by atoms with E-state index in [-0.39, 0.29) is 0 Å². The fourth-order valence-corrected chi connectivity index (χ4v) is 2.74. The topological polar surface area (TPSA) is 41.8 Å². The average molecular weight is 327 g/mol. The summed E-state index contributed by atoms with van der Waals surface area (Å²) >= 11 is 3.46. The van der Waals surface area contributed by atoms with Crippen LogP contribution >= 0.6 is 15.9 Å². The summed E-state index contributed by atoms with van der Waals surface area (Å²) in [5.41, 5.74) is 4.02. The van der Waals surface area contributed by atoms with Gasteiger partial charge in [0, 0.05) is 9.86 Å². The molecule has 0 fully saturated rings. The zero-order valence-corrected chi connectivity index (χ0v) is 12.4. The third kappa shape index (κ3) is 1.84. The summed E-state index contributed by atoms with van der Waals surface area (Å²) in [7, 11) is 0. The summed E-state index contributed by atoms with van der Waals surface area (Å²) in [6.45, 7) is 2.07. The molecule has 4 heteroatoms. The van der Waals surface area contributed by atoms with Crippen LogP contribution in [-0.2, 0) is 0 Å². The Balaban J connectivity index is 1.91. The van der Waals surface area contributed by atoms with Crippen molar-refractivity contribution < 1.29 is 4.42 Å². The molecule has 4 aromatic rings. The van der Waals surface area contributed by atoms with Gasteiger partial charge in [0.05, 0.1) is 11.0 Å². The van der Waals surface area contributed by atoms with Gasteiger partial charge in [0.25, 0.3) is 0 Å². The fourth-order valence-electron chi connectivity index (χ4n) is 2.38. The number of hydrogen-bond acceptors (Lipinski definition) is 2. The molecule has 0 radical (unpaired) electrons. The van der Waals surface area contributed by atoms with Crippen molar-refractivity contribution in [3.8, 4) is 11.6 Å². The number of imidazole rings is 1. The highest BCUT2D eigenvalue weighted by Crippen LogP contribution is 2.28. The van der Waals surface area contributed by atoms with E-state index in [1.54, 1.807) is 0 Å². The quantitative estimate of drug-likeness (QED) is 0.532. The maximum atomic E-state index is 5.86. The van der Waals surface area contributed by atoms with E-state index in [4.69, 9.17) is 4.42 Å². The third-order valence-corrected chi connectivity index (χ3v) is 3.84. The van der Waals surface area contributed by atoms with Crippen molar-refractivity contribution in [3.05, 3.63) is 52.5 Å². The maximum Gasteiger partial charge on any atom is 0.174 e. The highest BCUT2D eigenvalue weighted by molar-refractivity contribution is 9.10. The molecule has 3 nitrogen and oxygen atoms in total. The molecule has 0 aliphatic rings. The maximum absolute atomic E-state index is 5.86. The first kappa shape index (κ1) is 11.7. The molecular formula is C16H11BrN2O. The van der Waals surface area contributed by atoms with Crippen LogP contribution in [0.15, 0.2) is 51.4 Å². The standard InChI is InChI=1S/C16H11BrN2O/c1-9-2-5-14-10(6-9)7-15(20-14)16-18-12-4-3-11(17)8-13(12)19-16/h2-8H,1H3,(H,18,19). The molecule has 0 aliphatic heterocycles. The summed E-state index contributed by atoms with van der Waals surface area (Å²) in [5.74, 6) is 1.52. The van der Waals surface area contributed by atoms with Crippen LogP contribution in [-0.4, -0.2) is 9.97 Å². The van der Waals surface area contributed by atoms with Gasteiger partial charge in [-0.3, -0.25) is 0 Å². The lowest BCUT2D eigenvalue weighted by atomic mass is 10.2. The minimum Gasteiger partial charge on any atom is -0.453 e. The number of H-pyrrole nitrogens is 1. The van der Waals surface area contributed by atoms with E-state index in [2.05, 4.69) is 38.9 Å². The largest absolute Gasteiger partial charge is 0.453 e. The van der Waals surface area contributed by atoms with Crippen molar-refractivity contribution >= 4 is 37.9 Å². The zero-order chi connectivity index (χ0) is 13.7. The summed E-state index contributed by atoms with van der Waals surface area (Å²) in [5, 5.41) is 1.10. The minimum absolute atomic E-state index is 0.756. The number of nitrogens with one attached hydrogen (secondary N) is 1. The van der Waals surface area contributed by atoms with Gasteiger partial charge in [0.2, 0.25) is 0 Å². The van der Waals surface area contributed by atoms with Crippen molar-refractivity contribution in [1.82, 2.24) is 9.97 Å². The minimum atomic E-state index is 0.756. The summed E-state index contributed by atoms with van der Waals surface area (Å²) < 4.78 is 6.89. The first-order chi connectivity index (χ1) is 9.69. The van der Waals surface area contributed by atoms with Crippen LogP contribution in [0.25, 0.3) is 33.6 Å². The number of hydrogen-bond donors (Lipinski definition) is 1. The predicted octanol–water partition coefficient (Wildman–Crippen LogP) is 5.05. The van der Waals surface area contributed by atoms with Crippen LogP contribution in [0, 0.1) is 6.92 Å². The summed E-state index contributed by atoms with van der Waals surface area (Å²) in [6.07, 6.45) is 0. The number of furan rings is 1. The molecule has 4 rings (SSSR count). The van der Waals surface area contributed by atoms with Crippen molar-refractivity contribution in [2.75, 3.05) is 0 Å². The average Bonchev–Trinajstić information content (AvgIpc) is 3.00. The Kier molecular flexibility index (Phi) is 2.47. The molecule has 0 aliphatic carbocycles. The first-order valence-electron chi connectivity index (χ1n) is 6.35. The number of benzene rings is 2. The number of aromatic nitrogens is 2. The molecule has 0 saturated heterocycles. The Bertz CT molecular complexity index is 858. The predicted molar refractivity (Wildman–Crippen MR) is 83.7 cm³/mol. The van der Waals surface area contributed by atoms with Gasteiger partial charge in [0.15, 0.2) is 11.6 Å². The second kappa shape index (κ2) is 4.21. The van der Waals surface area contributed by atoms with Crippen molar-refractivity contribution in [3.63, 3.8) is 0 Å². The molecule has 0 bridgehead atoms. The number of halogens is 1. The lowest BCUT2D eigenvalue weighted by Crippen LogP contribution is -1.74. The van der Waals surface area contributed by atoms with E-state index in [0.717, 1.165) is 38.1 Å². The molecule has 0 amide bonds. The lowest BCUT2D eigenvalue weighted by molar-refractivity contribution is 0.626. The Hall–Kier alpha value is -2.07. The molecule has 20 heavy (non-hydrogen) atoms. The molecule has 98 valence electrons. The molecule has 0 saturated carbocycles. The van der Waals surface area contributed by atoms with Crippen LogP contribution in [0.1, 0.15) is 5.56 Å². The molecule has 0 spiro atoms. The number of nitrogens with zero attached hydrogens (tertiary/aromatic N) is 1. The zero-order valence-electron chi connectivity index (χ0n) is 10.8. The fraction of sp³-hybridized carbons (Fsp3) is 0.0625. The molecule has 0 atom stereocenters. The lowest BCUT2D eigenvalue weighted by Gasteiger charge is -1.89. The monoisotopic (exact) mass is 326 g/mol. The van der Waals surface area contributed by atoms with Gasteiger partial charge in [0.1, 0.15) is 5.58 Å². The van der Waals surface area contributed by atoms with Gasteiger partial charge in [-0.2, -0.15) is 0 Å². The van der Waals surface area contributed by atoms with E-state index in [9.17, 15) is 0 Å². The number of aryl methyl sites for hydroxylation is 1. The van der Waals surface area contributed by atoms with Crippen LogP contribution in [0.3, 0.4) is 0 Å². The van der Waals surface area contributed by atoms with E-state index in [0.29, 0.717) is 0 Å². The number of rotatable bonds is 1. The summed E-state index contributed by atoms with van der Waals surface area (Å²) in [4.78, 5) is 7.87. The number of fused-ring (bicyclic) bond motifs is 2. The Morgan fingerprint density at radius 3 is 2.90 bits per heavy atom. The van der Waals surface area contributed by atoms with Gasteiger partial charge in [-0.1, -0.05) is 27.6 Å². The van der Waals surface area contributed by atoms with Gasteiger partial charge in [-0.15, -0.1) is 0 Å². The smallest absolute Gasteiger partial charge is 0.174 e. The third-order valence-electron chi connectivity index (χ3n) is 3.35. The molecule has 2 heterocycles. The van der Waals surface area contributed by atoms with E-state index in [1.165, 1.54) is 5.56 Å². The van der Waals surface area contributed by atoms with Gasteiger partial charge in [-0.25, -0.2) is 4.98 Å². The van der Waals surface area contributed by atoms with E-state index in [1.807, 2.05) is 36.4 Å². The first-order valence-corrected chi connectivity index (χ1v) is 7.14. The van der Waals surface area contributed by atoms with E-state index >= 15 is 0 Å². The second-order valence-corrected chi connectivity index (χ2v) is 5.81. The van der Waals surface area contributed by atoms with Gasteiger partial charge in [-0.05, 0) is 43.3 Å². The van der Waals surface area contributed by atoms with Gasteiger partial charge < -0.3 is 9.40 Å². The Morgan fingerprint density at radius 1 is 1.10 bits per heavy atom. The van der Waals surface area contributed by atoms with Crippen LogP contribution < -0.4 is 0 Å². The van der Waals surface area contributed by atoms with Crippen LogP contribution in [0.4, 0.5) is 0 Å². The second-order valence-electron chi connectivity index (χ2n) is 4.90.